The second kappa shape index (κ2) is 8.31. The number of aryl methyl sites for hydroxylation is 3. The van der Waals surface area contributed by atoms with Crippen molar-refractivity contribution >= 4 is 11.5 Å². The molecular formula is C25H23N7O. The molecule has 0 spiro atoms. The Bertz CT molecular complexity index is 1530. The Morgan fingerprint density at radius 1 is 0.970 bits per heavy atom. The first kappa shape index (κ1) is 20.6. The van der Waals surface area contributed by atoms with Crippen LogP contribution in [-0.2, 0) is 13.6 Å². The molecular weight excluding hydrogens is 414 g/mol. The predicted octanol–water partition coefficient (Wildman–Crippen LogP) is 3.78. The van der Waals surface area contributed by atoms with Gasteiger partial charge in [0.05, 0.1) is 23.6 Å². The number of hydrogen-bond donors (Lipinski definition) is 1. The number of pyridine rings is 3. The Morgan fingerprint density at radius 3 is 2.67 bits per heavy atom. The van der Waals surface area contributed by atoms with Gasteiger partial charge in [0.15, 0.2) is 0 Å². The van der Waals surface area contributed by atoms with Gasteiger partial charge >= 0.3 is 0 Å². The van der Waals surface area contributed by atoms with Crippen LogP contribution in [0, 0.1) is 13.8 Å². The maximum atomic E-state index is 12.4. The SMILES string of the molecule is Cc1cc(-c2ncc(CNc3ncc4cc(-c5cccn(C)c5=O)cnn34)cc2C)ccn1. The zero-order valence-electron chi connectivity index (χ0n) is 18.6. The molecule has 33 heavy (non-hydrogen) atoms. The number of nitrogens with zero attached hydrogens (tertiary/aromatic N) is 6. The van der Waals surface area contributed by atoms with Crippen LogP contribution in [0.2, 0.25) is 0 Å². The molecule has 0 unspecified atom stereocenters. The van der Waals surface area contributed by atoms with Crippen molar-refractivity contribution in [2.75, 3.05) is 5.32 Å². The van der Waals surface area contributed by atoms with E-state index in [0.717, 1.165) is 39.2 Å². The number of hydrogen-bond acceptors (Lipinski definition) is 6. The largest absolute Gasteiger partial charge is 0.350 e. The van der Waals surface area contributed by atoms with E-state index >= 15 is 0 Å². The van der Waals surface area contributed by atoms with Crippen LogP contribution in [-0.4, -0.2) is 29.1 Å². The zero-order chi connectivity index (χ0) is 22.9. The van der Waals surface area contributed by atoms with E-state index in [1.165, 1.54) is 0 Å². The lowest BCUT2D eigenvalue weighted by atomic mass is 10.1. The van der Waals surface area contributed by atoms with Crippen LogP contribution in [0.5, 0.6) is 0 Å². The minimum absolute atomic E-state index is 0.0604. The maximum absolute atomic E-state index is 12.4. The van der Waals surface area contributed by atoms with E-state index in [1.54, 1.807) is 47.0 Å². The lowest BCUT2D eigenvalue weighted by Gasteiger charge is -2.10. The topological polar surface area (TPSA) is 90.0 Å². The molecule has 164 valence electrons. The molecule has 8 heteroatoms. The number of aromatic nitrogens is 6. The van der Waals surface area contributed by atoms with Crippen molar-refractivity contribution in [3.63, 3.8) is 0 Å². The monoisotopic (exact) mass is 437 g/mol. The molecule has 1 N–H and O–H groups in total. The first-order valence-corrected chi connectivity index (χ1v) is 10.6. The van der Waals surface area contributed by atoms with Gasteiger partial charge in [-0.3, -0.25) is 14.8 Å². The number of rotatable bonds is 5. The summed E-state index contributed by atoms with van der Waals surface area (Å²) in [5.74, 6) is 0.629. The van der Waals surface area contributed by atoms with Gasteiger partial charge in [0.2, 0.25) is 5.95 Å². The number of anilines is 1. The second-order valence-corrected chi connectivity index (χ2v) is 8.05. The van der Waals surface area contributed by atoms with E-state index in [2.05, 4.69) is 38.4 Å². The van der Waals surface area contributed by atoms with Crippen LogP contribution >= 0.6 is 0 Å². The summed E-state index contributed by atoms with van der Waals surface area (Å²) >= 11 is 0. The smallest absolute Gasteiger partial charge is 0.258 e. The summed E-state index contributed by atoms with van der Waals surface area (Å²) in [6.07, 6.45) is 8.84. The fourth-order valence-electron chi connectivity index (χ4n) is 3.89. The lowest BCUT2D eigenvalue weighted by molar-refractivity contribution is 0.861. The first-order chi connectivity index (χ1) is 16.0. The van der Waals surface area contributed by atoms with Crippen molar-refractivity contribution in [3.8, 4) is 22.4 Å². The van der Waals surface area contributed by atoms with E-state index < -0.39 is 0 Å². The van der Waals surface area contributed by atoms with Crippen molar-refractivity contribution in [1.29, 1.82) is 0 Å². The molecule has 8 nitrogen and oxygen atoms in total. The van der Waals surface area contributed by atoms with E-state index in [4.69, 9.17) is 0 Å². The van der Waals surface area contributed by atoms with Gasteiger partial charge in [-0.15, -0.1) is 0 Å². The van der Waals surface area contributed by atoms with Gasteiger partial charge in [-0.1, -0.05) is 6.07 Å². The van der Waals surface area contributed by atoms with Gasteiger partial charge in [0.25, 0.3) is 5.56 Å². The molecule has 0 fully saturated rings. The third-order valence-corrected chi connectivity index (χ3v) is 5.57. The molecule has 0 atom stereocenters. The van der Waals surface area contributed by atoms with Crippen LogP contribution in [0.1, 0.15) is 16.8 Å². The van der Waals surface area contributed by atoms with Crippen LogP contribution in [0.25, 0.3) is 27.9 Å². The van der Waals surface area contributed by atoms with Gasteiger partial charge in [0.1, 0.15) is 0 Å². The van der Waals surface area contributed by atoms with Crippen molar-refractivity contribution in [2.24, 2.45) is 7.05 Å². The molecule has 5 aromatic heterocycles. The van der Waals surface area contributed by atoms with Crippen molar-refractivity contribution < 1.29 is 0 Å². The number of nitrogens with one attached hydrogen (secondary N) is 1. The number of imidazole rings is 1. The van der Waals surface area contributed by atoms with Crippen molar-refractivity contribution in [1.82, 2.24) is 29.1 Å². The van der Waals surface area contributed by atoms with Gasteiger partial charge in [0, 0.05) is 54.6 Å². The third-order valence-electron chi connectivity index (χ3n) is 5.57. The highest BCUT2D eigenvalue weighted by Gasteiger charge is 2.10. The standard InChI is InChI=1S/C25H23N7O/c1-16-9-18(12-27-23(16)19-6-7-26-17(2)10-19)13-28-25-29-15-21-11-20(14-30-32(21)25)22-5-4-8-31(3)24(22)33/h4-12,14-15H,13H2,1-3H3,(H,28,29). The first-order valence-electron chi connectivity index (χ1n) is 10.6. The van der Waals surface area contributed by atoms with Gasteiger partial charge in [-0.05, 0) is 55.3 Å². The third kappa shape index (κ3) is 3.98. The normalized spacial score (nSPS) is 11.1. The highest BCUT2D eigenvalue weighted by molar-refractivity contribution is 5.68. The maximum Gasteiger partial charge on any atom is 0.258 e. The van der Waals surface area contributed by atoms with Gasteiger partial charge in [-0.2, -0.15) is 9.61 Å². The summed E-state index contributed by atoms with van der Waals surface area (Å²) in [5.41, 5.74) is 7.24. The number of fused-ring (bicyclic) bond motifs is 1. The highest BCUT2D eigenvalue weighted by Crippen LogP contribution is 2.23. The van der Waals surface area contributed by atoms with E-state index in [0.29, 0.717) is 18.1 Å². The Hall–Kier alpha value is -4.33. The Balaban J connectivity index is 1.36. The zero-order valence-corrected chi connectivity index (χ0v) is 18.6. The molecule has 5 rings (SSSR count). The Labute approximate surface area is 190 Å². The summed E-state index contributed by atoms with van der Waals surface area (Å²) in [5, 5.41) is 7.83. The van der Waals surface area contributed by atoms with Crippen LogP contribution in [0.15, 0.2) is 72.2 Å². The summed E-state index contributed by atoms with van der Waals surface area (Å²) in [4.78, 5) is 25.8. The van der Waals surface area contributed by atoms with Crippen LogP contribution < -0.4 is 10.9 Å². The fourth-order valence-corrected chi connectivity index (χ4v) is 3.89. The van der Waals surface area contributed by atoms with Crippen molar-refractivity contribution in [3.05, 3.63) is 94.6 Å². The molecule has 0 saturated carbocycles. The quantitative estimate of drug-likeness (QED) is 0.450. The van der Waals surface area contributed by atoms with Crippen LogP contribution in [0.4, 0.5) is 5.95 Å². The summed E-state index contributed by atoms with van der Waals surface area (Å²) in [6, 6.07) is 11.7. The summed E-state index contributed by atoms with van der Waals surface area (Å²) < 4.78 is 3.28. The van der Waals surface area contributed by atoms with E-state index in [-0.39, 0.29) is 5.56 Å². The van der Waals surface area contributed by atoms with Gasteiger partial charge < -0.3 is 9.88 Å². The van der Waals surface area contributed by atoms with Crippen LogP contribution in [0.3, 0.4) is 0 Å². The molecule has 0 aliphatic heterocycles. The summed E-state index contributed by atoms with van der Waals surface area (Å²) in [6.45, 7) is 4.59. The average Bonchev–Trinajstić information content (AvgIpc) is 3.22. The Morgan fingerprint density at radius 2 is 1.85 bits per heavy atom. The summed E-state index contributed by atoms with van der Waals surface area (Å²) in [7, 11) is 1.74. The molecule has 5 aromatic rings. The molecule has 0 bridgehead atoms. The minimum Gasteiger partial charge on any atom is -0.350 e. The predicted molar refractivity (Wildman–Crippen MR) is 128 cm³/mol. The fraction of sp³-hybridized carbons (Fsp3) is 0.160. The molecule has 0 saturated heterocycles. The molecule has 5 heterocycles. The lowest BCUT2D eigenvalue weighted by Crippen LogP contribution is -2.17. The molecule has 0 amide bonds. The van der Waals surface area contributed by atoms with Crippen molar-refractivity contribution in [2.45, 2.75) is 20.4 Å². The average molecular weight is 438 g/mol. The van der Waals surface area contributed by atoms with E-state index in [1.807, 2.05) is 37.4 Å². The molecule has 0 radical (unpaired) electrons. The molecule has 0 aliphatic rings. The molecule has 0 aliphatic carbocycles. The molecule has 0 aromatic carbocycles. The highest BCUT2D eigenvalue weighted by atomic mass is 16.1. The Kier molecular flexibility index (Phi) is 5.18. The van der Waals surface area contributed by atoms with E-state index in [9.17, 15) is 4.79 Å². The second-order valence-electron chi connectivity index (χ2n) is 8.05. The minimum atomic E-state index is -0.0604. The van der Waals surface area contributed by atoms with Gasteiger partial charge in [-0.25, -0.2) is 4.98 Å².